The number of benzene rings is 2. The van der Waals surface area contributed by atoms with Crippen molar-refractivity contribution in [1.82, 2.24) is 0 Å². The summed E-state index contributed by atoms with van der Waals surface area (Å²) >= 11 is 11.8. The van der Waals surface area contributed by atoms with E-state index in [1.807, 2.05) is 49.3 Å². The fraction of sp³-hybridized carbons (Fsp3) is 0.188. The molecule has 0 amide bonds. The first-order chi connectivity index (χ1) is 9.47. The van der Waals surface area contributed by atoms with Crippen LogP contribution in [-0.4, -0.2) is 19.9 Å². The molecule has 0 heterocycles. The van der Waals surface area contributed by atoms with E-state index in [0.29, 0.717) is 22.0 Å². The largest absolute Gasteiger partial charge is 0.378 e. The van der Waals surface area contributed by atoms with Crippen LogP contribution in [0.5, 0.6) is 0 Å². The lowest BCUT2D eigenvalue weighted by molar-refractivity contribution is 0.0993. The van der Waals surface area contributed by atoms with Crippen LogP contribution in [0.1, 0.15) is 15.9 Å². The number of halogens is 2. The van der Waals surface area contributed by atoms with Crippen molar-refractivity contribution in [2.45, 2.75) is 6.42 Å². The number of carbonyl (C=O) groups is 1. The first-order valence-electron chi connectivity index (χ1n) is 6.22. The Morgan fingerprint density at radius 2 is 1.80 bits per heavy atom. The lowest BCUT2D eigenvalue weighted by Crippen LogP contribution is -2.10. The normalized spacial score (nSPS) is 10.4. The van der Waals surface area contributed by atoms with Gasteiger partial charge in [0.1, 0.15) is 0 Å². The van der Waals surface area contributed by atoms with Crippen molar-refractivity contribution in [2.75, 3.05) is 19.0 Å². The first-order valence-corrected chi connectivity index (χ1v) is 6.97. The van der Waals surface area contributed by atoms with Crippen LogP contribution in [0.3, 0.4) is 0 Å². The van der Waals surface area contributed by atoms with Crippen LogP contribution in [0.2, 0.25) is 10.0 Å². The number of hydrogen-bond acceptors (Lipinski definition) is 2. The Labute approximate surface area is 128 Å². The monoisotopic (exact) mass is 307 g/mol. The van der Waals surface area contributed by atoms with Crippen LogP contribution in [0.25, 0.3) is 0 Å². The van der Waals surface area contributed by atoms with Gasteiger partial charge in [-0.05, 0) is 29.8 Å². The average Bonchev–Trinajstić information content (AvgIpc) is 2.43. The molecule has 2 aromatic carbocycles. The van der Waals surface area contributed by atoms with Crippen LogP contribution in [0.15, 0.2) is 42.5 Å². The summed E-state index contributed by atoms with van der Waals surface area (Å²) in [5.74, 6) is 0.0621. The third-order valence-electron chi connectivity index (χ3n) is 3.03. The predicted octanol–water partition coefficient (Wildman–Crippen LogP) is 4.48. The molecule has 0 aliphatic rings. The van der Waals surface area contributed by atoms with E-state index in [0.717, 1.165) is 11.3 Å². The predicted molar refractivity (Wildman–Crippen MR) is 85.3 cm³/mol. The van der Waals surface area contributed by atoms with Crippen LogP contribution in [0, 0.1) is 0 Å². The molecule has 0 fully saturated rings. The van der Waals surface area contributed by atoms with E-state index < -0.39 is 0 Å². The first kappa shape index (κ1) is 14.9. The Hall–Kier alpha value is -1.51. The van der Waals surface area contributed by atoms with Crippen molar-refractivity contribution in [3.05, 3.63) is 63.6 Å². The van der Waals surface area contributed by atoms with Crippen molar-refractivity contribution in [3.63, 3.8) is 0 Å². The molecular weight excluding hydrogens is 293 g/mol. The summed E-state index contributed by atoms with van der Waals surface area (Å²) in [7, 11) is 3.89. The van der Waals surface area contributed by atoms with Crippen molar-refractivity contribution in [3.8, 4) is 0 Å². The zero-order valence-corrected chi connectivity index (χ0v) is 12.9. The third kappa shape index (κ3) is 3.53. The molecule has 0 bridgehead atoms. The van der Waals surface area contributed by atoms with Gasteiger partial charge in [-0.3, -0.25) is 4.79 Å². The lowest BCUT2D eigenvalue weighted by atomic mass is 10.0. The molecule has 104 valence electrons. The second-order valence-electron chi connectivity index (χ2n) is 4.79. The average molecular weight is 308 g/mol. The minimum Gasteiger partial charge on any atom is -0.378 e. The van der Waals surface area contributed by atoms with Crippen molar-refractivity contribution >= 4 is 34.7 Å². The Morgan fingerprint density at radius 3 is 2.45 bits per heavy atom. The highest BCUT2D eigenvalue weighted by molar-refractivity contribution is 6.42. The number of ketones is 1. The number of anilines is 1. The summed E-state index contributed by atoms with van der Waals surface area (Å²) in [6.07, 6.45) is 0.313. The summed E-state index contributed by atoms with van der Waals surface area (Å²) in [6, 6.07) is 12.8. The maximum absolute atomic E-state index is 12.3. The Morgan fingerprint density at radius 1 is 1.05 bits per heavy atom. The highest BCUT2D eigenvalue weighted by Gasteiger charge is 2.09. The van der Waals surface area contributed by atoms with Gasteiger partial charge >= 0.3 is 0 Å². The number of carbonyl (C=O) groups excluding carboxylic acids is 1. The van der Waals surface area contributed by atoms with Crippen LogP contribution in [0.4, 0.5) is 5.69 Å². The second kappa shape index (κ2) is 6.29. The molecule has 2 nitrogen and oxygen atoms in total. The molecule has 0 aliphatic heterocycles. The van der Waals surface area contributed by atoms with E-state index in [-0.39, 0.29) is 5.78 Å². The van der Waals surface area contributed by atoms with Gasteiger partial charge in [0.05, 0.1) is 10.0 Å². The van der Waals surface area contributed by atoms with E-state index >= 15 is 0 Å². The highest BCUT2D eigenvalue weighted by atomic mass is 35.5. The molecule has 0 saturated carbocycles. The molecule has 0 radical (unpaired) electrons. The molecule has 2 aromatic rings. The Bertz CT molecular complexity index is 638. The van der Waals surface area contributed by atoms with E-state index in [2.05, 4.69) is 0 Å². The Balaban J connectivity index is 2.19. The SMILES string of the molecule is CN(C)c1cccc(C(=O)Cc2ccc(Cl)c(Cl)c2)c1. The molecule has 0 atom stereocenters. The van der Waals surface area contributed by atoms with Gasteiger partial charge in [-0.1, -0.05) is 41.4 Å². The molecule has 4 heteroatoms. The minimum atomic E-state index is 0.0621. The van der Waals surface area contributed by atoms with Crippen molar-refractivity contribution in [2.24, 2.45) is 0 Å². The van der Waals surface area contributed by atoms with Gasteiger partial charge in [0.25, 0.3) is 0 Å². The molecule has 2 rings (SSSR count). The van der Waals surface area contributed by atoms with Crippen molar-refractivity contribution < 1.29 is 4.79 Å². The van der Waals surface area contributed by atoms with Crippen molar-refractivity contribution in [1.29, 1.82) is 0 Å². The zero-order chi connectivity index (χ0) is 14.7. The second-order valence-corrected chi connectivity index (χ2v) is 5.61. The summed E-state index contributed by atoms with van der Waals surface area (Å²) in [4.78, 5) is 14.3. The van der Waals surface area contributed by atoms with Crippen LogP contribution < -0.4 is 4.90 Å². The number of Topliss-reactive ketones (excluding diaryl/α,β-unsaturated/α-hetero) is 1. The van der Waals surface area contributed by atoms with Gasteiger partial charge in [-0.2, -0.15) is 0 Å². The van der Waals surface area contributed by atoms with Gasteiger partial charge in [0, 0.05) is 31.8 Å². The van der Waals surface area contributed by atoms with Gasteiger partial charge < -0.3 is 4.90 Å². The summed E-state index contributed by atoms with van der Waals surface area (Å²) < 4.78 is 0. The highest BCUT2D eigenvalue weighted by Crippen LogP contribution is 2.23. The summed E-state index contributed by atoms with van der Waals surface area (Å²) in [5, 5.41) is 0.969. The number of nitrogens with zero attached hydrogens (tertiary/aromatic N) is 1. The fourth-order valence-electron chi connectivity index (χ4n) is 1.89. The van der Waals surface area contributed by atoms with Crippen LogP contribution >= 0.6 is 23.2 Å². The quantitative estimate of drug-likeness (QED) is 0.776. The molecule has 0 N–H and O–H groups in total. The lowest BCUT2D eigenvalue weighted by Gasteiger charge is -2.13. The van der Waals surface area contributed by atoms with E-state index in [1.54, 1.807) is 12.1 Å². The maximum Gasteiger partial charge on any atom is 0.167 e. The third-order valence-corrected chi connectivity index (χ3v) is 3.77. The zero-order valence-electron chi connectivity index (χ0n) is 11.4. The van der Waals surface area contributed by atoms with E-state index in [4.69, 9.17) is 23.2 Å². The van der Waals surface area contributed by atoms with E-state index in [1.165, 1.54) is 0 Å². The van der Waals surface area contributed by atoms with Gasteiger partial charge in [-0.25, -0.2) is 0 Å². The number of rotatable bonds is 4. The van der Waals surface area contributed by atoms with Gasteiger partial charge in [0.2, 0.25) is 0 Å². The molecule has 20 heavy (non-hydrogen) atoms. The maximum atomic E-state index is 12.3. The molecule has 0 aromatic heterocycles. The van der Waals surface area contributed by atoms with Crippen LogP contribution in [-0.2, 0) is 6.42 Å². The fourth-order valence-corrected chi connectivity index (χ4v) is 2.22. The summed E-state index contributed by atoms with van der Waals surface area (Å²) in [5.41, 5.74) is 2.56. The molecule has 0 spiro atoms. The number of hydrogen-bond donors (Lipinski definition) is 0. The standard InChI is InChI=1S/C16H15Cl2NO/c1-19(2)13-5-3-4-12(10-13)16(20)9-11-6-7-14(17)15(18)8-11/h3-8,10H,9H2,1-2H3. The molecule has 0 unspecified atom stereocenters. The van der Waals surface area contributed by atoms with E-state index in [9.17, 15) is 4.79 Å². The van der Waals surface area contributed by atoms with Gasteiger partial charge in [-0.15, -0.1) is 0 Å². The molecule has 0 saturated heterocycles. The smallest absolute Gasteiger partial charge is 0.167 e. The summed E-state index contributed by atoms with van der Waals surface area (Å²) in [6.45, 7) is 0. The molecule has 0 aliphatic carbocycles. The topological polar surface area (TPSA) is 20.3 Å². The minimum absolute atomic E-state index is 0.0621. The Kier molecular flexibility index (Phi) is 4.69. The molecular formula is C16H15Cl2NO. The van der Waals surface area contributed by atoms with Gasteiger partial charge in [0.15, 0.2) is 5.78 Å².